The van der Waals surface area contributed by atoms with Crippen molar-refractivity contribution in [3.8, 4) is 5.75 Å². The highest BCUT2D eigenvalue weighted by molar-refractivity contribution is 5.71. The van der Waals surface area contributed by atoms with Crippen molar-refractivity contribution in [1.82, 2.24) is 4.90 Å². The summed E-state index contributed by atoms with van der Waals surface area (Å²) in [5.41, 5.74) is 0.743. The maximum atomic E-state index is 11.2. The van der Waals surface area contributed by atoms with Crippen LogP contribution >= 0.6 is 0 Å². The van der Waals surface area contributed by atoms with Crippen molar-refractivity contribution >= 4 is 5.97 Å². The predicted octanol–water partition coefficient (Wildman–Crippen LogP) is 0.760. The maximum Gasteiger partial charge on any atom is 0.310 e. The van der Waals surface area contributed by atoms with Gasteiger partial charge < -0.3 is 19.7 Å². The molecule has 3 atom stereocenters. The summed E-state index contributed by atoms with van der Waals surface area (Å²) in [7, 11) is 3.38. The van der Waals surface area contributed by atoms with Crippen LogP contribution in [-0.4, -0.2) is 61.0 Å². The lowest BCUT2D eigenvalue weighted by Gasteiger charge is -2.28. The van der Waals surface area contributed by atoms with Crippen molar-refractivity contribution in [2.45, 2.75) is 12.1 Å². The normalized spacial score (nSPS) is 23.2. The molecule has 1 aliphatic heterocycles. The fourth-order valence-corrected chi connectivity index (χ4v) is 2.58. The molecule has 3 unspecified atom stereocenters. The minimum Gasteiger partial charge on any atom is -0.497 e. The van der Waals surface area contributed by atoms with E-state index in [9.17, 15) is 9.90 Å². The molecule has 1 aromatic rings. The number of aliphatic hydroxyl groups excluding tert-OH is 1. The van der Waals surface area contributed by atoms with Crippen LogP contribution in [0.1, 0.15) is 11.7 Å². The number of benzene rings is 1. The number of nitrogens with zero attached hydrogens (tertiary/aromatic N) is 1. The molecule has 2 N–H and O–H groups in total. The lowest BCUT2D eigenvalue weighted by Crippen LogP contribution is -2.42. The molecule has 1 aromatic carbocycles. The first-order chi connectivity index (χ1) is 10.0. The van der Waals surface area contributed by atoms with Crippen LogP contribution in [0, 0.1) is 5.92 Å². The zero-order valence-corrected chi connectivity index (χ0v) is 12.2. The number of aliphatic hydroxyl groups is 1. The molecule has 0 aromatic heterocycles. The van der Waals surface area contributed by atoms with Crippen LogP contribution < -0.4 is 4.74 Å². The first-order valence-corrected chi connectivity index (χ1v) is 6.85. The van der Waals surface area contributed by atoms with Crippen LogP contribution in [0.2, 0.25) is 0 Å². The monoisotopic (exact) mass is 295 g/mol. The van der Waals surface area contributed by atoms with Crippen LogP contribution in [0.5, 0.6) is 5.75 Å². The molecule has 0 amide bonds. The third-order valence-corrected chi connectivity index (χ3v) is 3.87. The molecule has 0 saturated carbocycles. The van der Waals surface area contributed by atoms with Gasteiger partial charge >= 0.3 is 5.97 Å². The second-order valence-corrected chi connectivity index (χ2v) is 5.28. The third kappa shape index (κ3) is 3.72. The lowest BCUT2D eigenvalue weighted by atomic mass is 10.0. The van der Waals surface area contributed by atoms with Gasteiger partial charge in [0.25, 0.3) is 0 Å². The molecule has 0 aliphatic carbocycles. The van der Waals surface area contributed by atoms with E-state index < -0.39 is 18.0 Å². The average molecular weight is 295 g/mol. The summed E-state index contributed by atoms with van der Waals surface area (Å²) in [5.74, 6) is -0.727. The number of methoxy groups -OCH3 is 1. The number of aliphatic carboxylic acids is 1. The first kappa shape index (κ1) is 15.8. The largest absolute Gasteiger partial charge is 0.497 e. The van der Waals surface area contributed by atoms with Crippen LogP contribution in [0.25, 0.3) is 0 Å². The molecule has 0 radical (unpaired) electrons. The van der Waals surface area contributed by atoms with Crippen molar-refractivity contribution in [2.24, 2.45) is 5.92 Å². The fourth-order valence-electron chi connectivity index (χ4n) is 2.58. The molecule has 1 aliphatic rings. The minimum absolute atomic E-state index is 0.220. The van der Waals surface area contributed by atoms with Gasteiger partial charge in [0.2, 0.25) is 0 Å². The van der Waals surface area contributed by atoms with E-state index in [1.54, 1.807) is 20.2 Å². The SMILES string of the molecule is COc1cccc(C(O)CN(C)C2COCC2C(=O)O)c1. The van der Waals surface area contributed by atoms with Crippen LogP contribution in [-0.2, 0) is 9.53 Å². The van der Waals surface area contributed by atoms with Gasteiger partial charge in [0.1, 0.15) is 5.75 Å². The molecule has 1 heterocycles. The van der Waals surface area contributed by atoms with E-state index in [2.05, 4.69) is 0 Å². The average Bonchev–Trinajstić information content (AvgIpc) is 2.97. The van der Waals surface area contributed by atoms with Crippen molar-refractivity contribution < 1.29 is 24.5 Å². The third-order valence-electron chi connectivity index (χ3n) is 3.87. The van der Waals surface area contributed by atoms with Gasteiger partial charge in [-0.15, -0.1) is 0 Å². The predicted molar refractivity (Wildman–Crippen MR) is 76.3 cm³/mol. The van der Waals surface area contributed by atoms with E-state index >= 15 is 0 Å². The second-order valence-electron chi connectivity index (χ2n) is 5.28. The molecule has 116 valence electrons. The summed E-state index contributed by atoms with van der Waals surface area (Å²) < 4.78 is 10.4. The van der Waals surface area contributed by atoms with Gasteiger partial charge in [0.05, 0.1) is 32.3 Å². The van der Waals surface area contributed by atoms with Gasteiger partial charge in [-0.3, -0.25) is 9.69 Å². The molecule has 21 heavy (non-hydrogen) atoms. The van der Waals surface area contributed by atoms with E-state index in [-0.39, 0.29) is 12.6 Å². The number of hydrogen-bond donors (Lipinski definition) is 2. The second kappa shape index (κ2) is 6.89. The Kier molecular flexibility index (Phi) is 5.17. The Bertz CT molecular complexity index is 493. The molecular weight excluding hydrogens is 274 g/mol. The van der Waals surface area contributed by atoms with Gasteiger partial charge in [0.15, 0.2) is 0 Å². The summed E-state index contributed by atoms with van der Waals surface area (Å²) in [4.78, 5) is 13.0. The Morgan fingerprint density at radius 3 is 2.95 bits per heavy atom. The molecule has 6 nitrogen and oxygen atoms in total. The highest BCUT2D eigenvalue weighted by Gasteiger charge is 2.37. The number of ether oxygens (including phenoxy) is 2. The number of hydrogen-bond acceptors (Lipinski definition) is 5. The molecule has 6 heteroatoms. The Labute approximate surface area is 123 Å². The van der Waals surface area contributed by atoms with Gasteiger partial charge in [-0.25, -0.2) is 0 Å². The number of carboxylic acid groups (broad SMARTS) is 1. The molecule has 2 rings (SSSR count). The fraction of sp³-hybridized carbons (Fsp3) is 0.533. The van der Waals surface area contributed by atoms with E-state index in [0.29, 0.717) is 18.9 Å². The summed E-state index contributed by atoms with van der Waals surface area (Å²) in [6, 6.07) is 7.00. The summed E-state index contributed by atoms with van der Waals surface area (Å²) >= 11 is 0. The van der Waals surface area contributed by atoms with E-state index in [0.717, 1.165) is 5.56 Å². The summed E-state index contributed by atoms with van der Waals surface area (Å²) in [6.07, 6.45) is -0.708. The zero-order chi connectivity index (χ0) is 15.4. The minimum atomic E-state index is -0.861. The Morgan fingerprint density at radius 2 is 2.29 bits per heavy atom. The van der Waals surface area contributed by atoms with Crippen molar-refractivity contribution in [1.29, 1.82) is 0 Å². The summed E-state index contributed by atoms with van der Waals surface area (Å²) in [6.45, 7) is 0.933. The number of rotatable bonds is 6. The standard InChI is InChI=1S/C15H21NO5/c1-16(13-9-21-8-12(13)15(18)19)7-14(17)10-4-3-5-11(6-10)20-2/h3-6,12-14,17H,7-9H2,1-2H3,(H,18,19). The lowest BCUT2D eigenvalue weighted by molar-refractivity contribution is -0.143. The van der Waals surface area contributed by atoms with E-state index in [1.165, 1.54) is 0 Å². The Hall–Kier alpha value is -1.63. The quantitative estimate of drug-likeness (QED) is 0.806. The topological polar surface area (TPSA) is 79.2 Å². The summed E-state index contributed by atoms with van der Waals surface area (Å²) in [5, 5.41) is 19.5. The number of carboxylic acids is 1. The number of likely N-dealkylation sites (N-methyl/N-ethyl adjacent to an activating group) is 1. The Morgan fingerprint density at radius 1 is 1.52 bits per heavy atom. The van der Waals surface area contributed by atoms with Crippen molar-refractivity contribution in [3.63, 3.8) is 0 Å². The van der Waals surface area contributed by atoms with Gasteiger partial charge in [0, 0.05) is 12.6 Å². The van der Waals surface area contributed by atoms with Crippen LogP contribution in [0.15, 0.2) is 24.3 Å². The first-order valence-electron chi connectivity index (χ1n) is 6.85. The Balaban J connectivity index is 2.01. The molecule has 0 spiro atoms. The van der Waals surface area contributed by atoms with Crippen LogP contribution in [0.4, 0.5) is 0 Å². The van der Waals surface area contributed by atoms with Gasteiger partial charge in [-0.2, -0.15) is 0 Å². The number of carbonyl (C=O) groups is 1. The molecule has 1 saturated heterocycles. The zero-order valence-electron chi connectivity index (χ0n) is 12.2. The smallest absolute Gasteiger partial charge is 0.310 e. The van der Waals surface area contributed by atoms with Crippen LogP contribution in [0.3, 0.4) is 0 Å². The van der Waals surface area contributed by atoms with Crippen molar-refractivity contribution in [2.75, 3.05) is 33.9 Å². The highest BCUT2D eigenvalue weighted by Crippen LogP contribution is 2.23. The highest BCUT2D eigenvalue weighted by atomic mass is 16.5. The molecular formula is C15H21NO5. The molecule has 0 bridgehead atoms. The van der Waals surface area contributed by atoms with Crippen molar-refractivity contribution in [3.05, 3.63) is 29.8 Å². The van der Waals surface area contributed by atoms with Gasteiger partial charge in [-0.1, -0.05) is 12.1 Å². The van der Waals surface area contributed by atoms with Gasteiger partial charge in [-0.05, 0) is 24.7 Å². The molecule has 1 fully saturated rings. The van der Waals surface area contributed by atoms with E-state index in [4.69, 9.17) is 14.6 Å². The maximum absolute atomic E-state index is 11.2. The van der Waals surface area contributed by atoms with E-state index in [1.807, 2.05) is 23.1 Å².